The molecule has 0 atom stereocenters. The molecular weight excluding hydrogens is 409 g/mol. The van der Waals surface area contributed by atoms with Crippen LogP contribution in [-0.4, -0.2) is 42.4 Å². The highest BCUT2D eigenvalue weighted by atomic mass is 35.5. The summed E-state index contributed by atoms with van der Waals surface area (Å²) in [6, 6.07) is 14.7. The molecule has 3 rings (SSSR count). The Morgan fingerprint density at radius 2 is 1.76 bits per heavy atom. The van der Waals surface area contributed by atoms with Crippen molar-refractivity contribution in [3.63, 3.8) is 0 Å². The molecule has 1 fully saturated rings. The lowest BCUT2D eigenvalue weighted by molar-refractivity contribution is -0.119. The average molecular weight is 432 g/mol. The molecule has 0 saturated carbocycles. The zero-order valence-corrected chi connectivity index (χ0v) is 17.4. The van der Waals surface area contributed by atoms with Crippen LogP contribution in [0.3, 0.4) is 0 Å². The van der Waals surface area contributed by atoms with Gasteiger partial charge in [-0.2, -0.15) is 0 Å². The van der Waals surface area contributed by atoms with Crippen molar-refractivity contribution >= 4 is 46.8 Å². The van der Waals surface area contributed by atoms with Gasteiger partial charge in [0.1, 0.15) is 0 Å². The van der Waals surface area contributed by atoms with Gasteiger partial charge in [-0.1, -0.05) is 47.5 Å². The maximum Gasteiger partial charge on any atom is 0.244 e. The lowest BCUT2D eigenvalue weighted by Crippen LogP contribution is -2.46. The van der Waals surface area contributed by atoms with Crippen LogP contribution in [-0.2, 0) is 9.59 Å². The monoisotopic (exact) mass is 431 g/mol. The minimum absolute atomic E-state index is 0.0248. The Morgan fingerprint density at radius 1 is 1.03 bits per heavy atom. The summed E-state index contributed by atoms with van der Waals surface area (Å²) in [4.78, 5) is 26.4. The van der Waals surface area contributed by atoms with Gasteiger partial charge in [0.2, 0.25) is 11.8 Å². The van der Waals surface area contributed by atoms with Gasteiger partial charge in [-0.25, -0.2) is 0 Å². The fourth-order valence-electron chi connectivity index (χ4n) is 3.20. The Labute approximate surface area is 180 Å². The quantitative estimate of drug-likeness (QED) is 0.672. The predicted molar refractivity (Wildman–Crippen MR) is 118 cm³/mol. The van der Waals surface area contributed by atoms with Gasteiger partial charge in [0.05, 0.1) is 16.6 Å². The highest BCUT2D eigenvalue weighted by Gasteiger charge is 2.21. The Hall–Kier alpha value is -2.34. The van der Waals surface area contributed by atoms with E-state index in [9.17, 15) is 9.59 Å². The van der Waals surface area contributed by atoms with Crippen LogP contribution in [0.15, 0.2) is 54.6 Å². The van der Waals surface area contributed by atoms with E-state index in [4.69, 9.17) is 23.2 Å². The molecule has 7 heteroatoms. The number of anilines is 1. The van der Waals surface area contributed by atoms with Crippen molar-refractivity contribution in [1.82, 2.24) is 10.2 Å². The molecule has 0 spiro atoms. The molecule has 2 amide bonds. The van der Waals surface area contributed by atoms with Crippen LogP contribution >= 0.6 is 23.2 Å². The summed E-state index contributed by atoms with van der Waals surface area (Å²) in [6.07, 6.45) is 4.83. The Balaban J connectivity index is 1.40. The van der Waals surface area contributed by atoms with Crippen molar-refractivity contribution in [2.45, 2.75) is 18.9 Å². The van der Waals surface area contributed by atoms with Crippen LogP contribution in [0.2, 0.25) is 10.0 Å². The van der Waals surface area contributed by atoms with E-state index in [1.807, 2.05) is 30.3 Å². The van der Waals surface area contributed by atoms with E-state index >= 15 is 0 Å². The summed E-state index contributed by atoms with van der Waals surface area (Å²) in [5, 5.41) is 6.85. The molecule has 1 aliphatic heterocycles. The van der Waals surface area contributed by atoms with Gasteiger partial charge in [0.25, 0.3) is 0 Å². The molecule has 2 aromatic carbocycles. The maximum absolute atomic E-state index is 12.2. The number of likely N-dealkylation sites (tertiary alicyclic amines) is 1. The lowest BCUT2D eigenvalue weighted by atomic mass is 10.0. The molecule has 0 radical (unpaired) electrons. The number of rotatable bonds is 6. The van der Waals surface area contributed by atoms with E-state index < -0.39 is 0 Å². The first-order valence-electron chi connectivity index (χ1n) is 9.50. The molecule has 2 N–H and O–H groups in total. The molecule has 0 bridgehead atoms. The number of nitrogens with zero attached hydrogens (tertiary/aromatic N) is 1. The third-order valence-corrected chi connectivity index (χ3v) is 5.47. The highest BCUT2D eigenvalue weighted by molar-refractivity contribution is 6.42. The van der Waals surface area contributed by atoms with Crippen molar-refractivity contribution < 1.29 is 9.59 Å². The van der Waals surface area contributed by atoms with Gasteiger partial charge in [-0.3, -0.25) is 14.5 Å². The number of hydrogen-bond acceptors (Lipinski definition) is 3. The summed E-state index contributed by atoms with van der Waals surface area (Å²) >= 11 is 11.9. The maximum atomic E-state index is 12.2. The number of para-hydroxylation sites is 1. The third-order valence-electron chi connectivity index (χ3n) is 4.73. The first-order chi connectivity index (χ1) is 14.0. The minimum atomic E-state index is -0.142. The largest absolute Gasteiger partial charge is 0.350 e. The number of hydrogen-bond donors (Lipinski definition) is 2. The van der Waals surface area contributed by atoms with E-state index in [1.165, 1.54) is 6.08 Å². The van der Waals surface area contributed by atoms with Crippen molar-refractivity contribution in [2.75, 3.05) is 25.0 Å². The second-order valence-corrected chi connectivity index (χ2v) is 7.79. The average Bonchev–Trinajstić information content (AvgIpc) is 2.71. The number of piperidine rings is 1. The second kappa shape index (κ2) is 10.4. The molecule has 0 aromatic heterocycles. The fourth-order valence-corrected chi connectivity index (χ4v) is 3.50. The van der Waals surface area contributed by atoms with Crippen LogP contribution in [0, 0.1) is 0 Å². The minimum Gasteiger partial charge on any atom is -0.350 e. The number of carbonyl (C=O) groups is 2. The van der Waals surface area contributed by atoms with Crippen molar-refractivity contribution in [2.24, 2.45) is 0 Å². The number of carbonyl (C=O) groups excluding carboxylic acids is 2. The van der Waals surface area contributed by atoms with E-state index in [0.717, 1.165) is 37.2 Å². The van der Waals surface area contributed by atoms with E-state index in [-0.39, 0.29) is 17.9 Å². The summed E-state index contributed by atoms with van der Waals surface area (Å²) in [7, 11) is 0. The molecule has 1 heterocycles. The zero-order chi connectivity index (χ0) is 20.6. The van der Waals surface area contributed by atoms with Crippen molar-refractivity contribution in [3.05, 3.63) is 70.2 Å². The molecule has 0 unspecified atom stereocenters. The number of nitrogens with one attached hydrogen (secondary N) is 2. The summed E-state index contributed by atoms with van der Waals surface area (Å²) in [5.41, 5.74) is 1.61. The molecule has 1 aliphatic rings. The van der Waals surface area contributed by atoms with Gasteiger partial charge < -0.3 is 10.6 Å². The summed E-state index contributed by atoms with van der Waals surface area (Å²) in [5.74, 6) is -0.167. The third kappa shape index (κ3) is 6.89. The first-order valence-corrected chi connectivity index (χ1v) is 10.3. The number of halogens is 2. The van der Waals surface area contributed by atoms with Gasteiger partial charge in [-0.05, 0) is 48.7 Å². The zero-order valence-electron chi connectivity index (χ0n) is 15.9. The van der Waals surface area contributed by atoms with Crippen LogP contribution in [0.4, 0.5) is 5.69 Å². The van der Waals surface area contributed by atoms with Crippen LogP contribution in [0.5, 0.6) is 0 Å². The van der Waals surface area contributed by atoms with E-state index in [0.29, 0.717) is 16.6 Å². The second-order valence-electron chi connectivity index (χ2n) is 6.98. The predicted octanol–water partition coefficient (Wildman–Crippen LogP) is 4.23. The topological polar surface area (TPSA) is 61.4 Å². The molecule has 2 aromatic rings. The molecule has 29 heavy (non-hydrogen) atoms. The lowest BCUT2D eigenvalue weighted by Gasteiger charge is -2.31. The fraction of sp³-hybridized carbons (Fsp3) is 0.273. The normalized spacial score (nSPS) is 15.4. The van der Waals surface area contributed by atoms with Crippen LogP contribution < -0.4 is 10.6 Å². The smallest absolute Gasteiger partial charge is 0.244 e. The van der Waals surface area contributed by atoms with Gasteiger partial charge in [-0.15, -0.1) is 0 Å². The van der Waals surface area contributed by atoms with E-state index in [2.05, 4.69) is 15.5 Å². The first kappa shape index (κ1) is 21.4. The van der Waals surface area contributed by atoms with E-state index in [1.54, 1.807) is 24.3 Å². The summed E-state index contributed by atoms with van der Waals surface area (Å²) in [6.45, 7) is 1.89. The Kier molecular flexibility index (Phi) is 7.69. The highest BCUT2D eigenvalue weighted by Crippen LogP contribution is 2.23. The standard InChI is InChI=1S/C22H23Cl2N3O2/c23-19-8-6-16(14-20(19)24)7-9-21(28)25-18-10-12-27(13-11-18)15-22(29)26-17-4-2-1-3-5-17/h1-9,14,18H,10-13,15H2,(H,25,28)(H,26,29). The molecular formula is C22H23Cl2N3O2. The molecule has 152 valence electrons. The van der Waals surface area contributed by atoms with Gasteiger partial charge in [0.15, 0.2) is 0 Å². The van der Waals surface area contributed by atoms with Gasteiger partial charge >= 0.3 is 0 Å². The SMILES string of the molecule is O=C(C=Cc1ccc(Cl)c(Cl)c1)NC1CCN(CC(=O)Nc2ccccc2)CC1. The number of amides is 2. The Bertz CT molecular complexity index is 879. The molecule has 1 saturated heterocycles. The van der Waals surface area contributed by atoms with Gasteiger partial charge in [0, 0.05) is 30.9 Å². The van der Waals surface area contributed by atoms with Crippen LogP contribution in [0.25, 0.3) is 6.08 Å². The molecule has 5 nitrogen and oxygen atoms in total. The van der Waals surface area contributed by atoms with Crippen molar-refractivity contribution in [3.8, 4) is 0 Å². The van der Waals surface area contributed by atoms with Crippen molar-refractivity contribution in [1.29, 1.82) is 0 Å². The number of benzene rings is 2. The Morgan fingerprint density at radius 3 is 2.45 bits per heavy atom. The molecule has 0 aliphatic carbocycles. The summed E-state index contributed by atoms with van der Waals surface area (Å²) < 4.78 is 0. The van der Waals surface area contributed by atoms with Crippen LogP contribution in [0.1, 0.15) is 18.4 Å².